The first-order valence-electron chi connectivity index (χ1n) is 17.9. The van der Waals surface area contributed by atoms with E-state index in [1.807, 2.05) is 13.8 Å². The summed E-state index contributed by atoms with van der Waals surface area (Å²) in [5.41, 5.74) is -2.52. The van der Waals surface area contributed by atoms with Gasteiger partial charge in [0.15, 0.2) is 0 Å². The molecule has 0 bridgehead atoms. The Bertz CT molecular complexity index is 1900. The van der Waals surface area contributed by atoms with E-state index in [4.69, 9.17) is 4.74 Å². The average Bonchev–Trinajstić information content (AvgIpc) is 3.99. The van der Waals surface area contributed by atoms with Crippen molar-refractivity contribution >= 4 is 50.9 Å². The van der Waals surface area contributed by atoms with Crippen LogP contribution < -0.4 is 15.4 Å². The number of nitrogens with one attached hydrogen (secondary N) is 3. The molecule has 4 amide bonds. The van der Waals surface area contributed by atoms with Crippen LogP contribution in [0.4, 0.5) is 23.7 Å². The third kappa shape index (κ3) is 9.33. The Kier molecular flexibility index (Phi) is 12.3. The van der Waals surface area contributed by atoms with E-state index in [2.05, 4.69) is 33.5 Å². The van der Waals surface area contributed by atoms with Crippen LogP contribution in [0.3, 0.4) is 0 Å². The van der Waals surface area contributed by atoms with E-state index < -0.39 is 80.2 Å². The molecule has 54 heavy (non-hydrogen) atoms. The number of nitrogens with zero attached hydrogens (tertiary/aromatic N) is 2. The second-order valence-electron chi connectivity index (χ2n) is 14.5. The van der Waals surface area contributed by atoms with Crippen LogP contribution in [0.1, 0.15) is 81.6 Å². The van der Waals surface area contributed by atoms with Crippen molar-refractivity contribution in [2.45, 2.75) is 94.2 Å². The largest absolute Gasteiger partial charge is 0.446 e. The van der Waals surface area contributed by atoms with Gasteiger partial charge in [-0.3, -0.25) is 24.4 Å². The summed E-state index contributed by atoms with van der Waals surface area (Å²) in [5, 5.41) is 4.85. The number of unbranched alkanes of at least 4 members (excludes halogenated alkanes) is 2. The van der Waals surface area contributed by atoms with Crippen LogP contribution in [0, 0.1) is 17.8 Å². The lowest BCUT2D eigenvalue weighted by Crippen LogP contribution is -2.54. The fourth-order valence-electron chi connectivity index (χ4n) is 6.69. The van der Waals surface area contributed by atoms with Gasteiger partial charge in [0.25, 0.3) is 5.91 Å². The summed E-state index contributed by atoms with van der Waals surface area (Å²) < 4.78 is 74.2. The molecule has 5 rings (SSSR count). The van der Waals surface area contributed by atoms with Crippen LogP contribution in [0.5, 0.6) is 0 Å². The van der Waals surface area contributed by atoms with Crippen LogP contribution in [-0.4, -0.2) is 72.6 Å². The number of halogens is 3. The molecule has 3 aliphatic carbocycles. The van der Waals surface area contributed by atoms with Gasteiger partial charge in [0, 0.05) is 36.1 Å². The number of benzene rings is 1. The van der Waals surface area contributed by atoms with Crippen molar-refractivity contribution in [2.75, 3.05) is 18.9 Å². The third-order valence-corrected chi connectivity index (χ3v) is 13.3. The maximum Gasteiger partial charge on any atom is 0.416 e. The van der Waals surface area contributed by atoms with Crippen molar-refractivity contribution < 1.29 is 45.5 Å². The van der Waals surface area contributed by atoms with Crippen molar-refractivity contribution in [1.29, 1.82) is 0 Å². The van der Waals surface area contributed by atoms with Gasteiger partial charge in [-0.15, -0.1) is 24.5 Å². The topological polar surface area (TPSA) is 164 Å². The summed E-state index contributed by atoms with van der Waals surface area (Å²) >= 11 is 1.28. The van der Waals surface area contributed by atoms with Crippen LogP contribution >= 0.6 is 11.3 Å². The Balaban J connectivity index is 1.36. The predicted molar refractivity (Wildman–Crippen MR) is 198 cm³/mol. The van der Waals surface area contributed by atoms with E-state index >= 15 is 0 Å². The molecule has 17 heteroatoms. The molecule has 12 nitrogen and oxygen atoms in total. The lowest BCUT2D eigenvalue weighted by Gasteiger charge is -2.26. The van der Waals surface area contributed by atoms with Gasteiger partial charge in [0.05, 0.1) is 28.3 Å². The van der Waals surface area contributed by atoms with Gasteiger partial charge in [-0.05, 0) is 75.5 Å². The normalized spacial score (nSPS) is 23.7. The summed E-state index contributed by atoms with van der Waals surface area (Å²) in [5.74, 6) is -4.51. The fourth-order valence-corrected chi connectivity index (χ4v) is 9.01. The highest BCUT2D eigenvalue weighted by Gasteiger charge is 2.62. The second kappa shape index (κ2) is 16.2. The molecule has 5 atom stereocenters. The number of ether oxygens (including phenoxy) is 1. The molecule has 1 aromatic heterocycles. The van der Waals surface area contributed by atoms with E-state index in [0.29, 0.717) is 30.8 Å². The number of allylic oxidation sites excluding steroid dienone is 1. The van der Waals surface area contributed by atoms with E-state index in [0.717, 1.165) is 29.9 Å². The molecular formula is C37H46F3N5O7S2. The van der Waals surface area contributed by atoms with Crippen LogP contribution in [0.2, 0.25) is 0 Å². The number of amides is 4. The minimum absolute atomic E-state index is 0.0822. The Morgan fingerprint density at radius 3 is 2.43 bits per heavy atom. The molecule has 3 N–H and O–H groups in total. The standard InChI is InChI=1S/C37H46F3N5O7S2/c1-6-8-9-10-15-45(5)33(47)28-18-24(17-27(28)31(46)43-36(19-22(36)7-2)34(48)44-54(50,51)25-12-13-25)52-35(49)42-29-16-23(37(38,39)40)11-14-26(29)32-41-20-30(53-32)21(3)4/h6-7,11,14,16,20-22,24-25,27-28H,1-2,8-10,12-13,15,17-19H2,3-5H3,(H,42,49)(H,43,46)(H,44,48)/t22-,24-,27-,28-,36?/m1/s1. The number of alkyl halides is 3. The number of hydrogen-bond donors (Lipinski definition) is 3. The number of carbonyl (C=O) groups is 4. The maximum absolute atomic E-state index is 14.0. The van der Waals surface area contributed by atoms with Gasteiger partial charge < -0.3 is 15.0 Å². The van der Waals surface area contributed by atoms with Crippen LogP contribution in [0.15, 0.2) is 49.7 Å². The van der Waals surface area contributed by atoms with Gasteiger partial charge >= 0.3 is 12.3 Å². The Hall–Kier alpha value is -4.25. The average molecular weight is 794 g/mol. The molecule has 1 unspecified atom stereocenters. The predicted octanol–water partition coefficient (Wildman–Crippen LogP) is 6.38. The highest BCUT2D eigenvalue weighted by atomic mass is 32.2. The van der Waals surface area contributed by atoms with Crippen LogP contribution in [-0.2, 0) is 35.3 Å². The molecule has 3 saturated carbocycles. The molecule has 0 aliphatic heterocycles. The summed E-state index contributed by atoms with van der Waals surface area (Å²) in [7, 11) is -2.34. The van der Waals surface area contributed by atoms with Crippen molar-refractivity contribution in [3.05, 3.63) is 60.1 Å². The van der Waals surface area contributed by atoms with E-state index in [-0.39, 0.29) is 36.4 Å². The SMILES string of the molecule is C=CCCCCN(C)C(=O)[C@@H]1C[C@H](OC(=O)Nc2cc(C(F)(F)F)ccc2-c2ncc(C(C)C)s2)C[C@H]1C(=O)NC1(C(=O)NS(=O)(=O)C2CC2)C[C@H]1C=C. The van der Waals surface area contributed by atoms with Gasteiger partial charge in [0.1, 0.15) is 16.7 Å². The first kappa shape index (κ1) is 40.9. The number of aromatic nitrogens is 1. The number of anilines is 1. The minimum Gasteiger partial charge on any atom is -0.446 e. The molecule has 1 aromatic carbocycles. The Morgan fingerprint density at radius 2 is 1.83 bits per heavy atom. The molecule has 294 valence electrons. The Labute approximate surface area is 317 Å². The van der Waals surface area contributed by atoms with Gasteiger partial charge in [0.2, 0.25) is 21.8 Å². The maximum atomic E-state index is 14.0. The first-order valence-corrected chi connectivity index (χ1v) is 20.3. The quantitative estimate of drug-likeness (QED) is 0.130. The number of hydrogen-bond acceptors (Lipinski definition) is 9. The van der Waals surface area contributed by atoms with E-state index in [9.17, 15) is 40.8 Å². The molecular weight excluding hydrogens is 748 g/mol. The lowest BCUT2D eigenvalue weighted by molar-refractivity contribution is -0.140. The molecule has 1 heterocycles. The second-order valence-corrected chi connectivity index (χ2v) is 17.6. The molecule has 3 fully saturated rings. The highest BCUT2D eigenvalue weighted by molar-refractivity contribution is 7.91. The summed E-state index contributed by atoms with van der Waals surface area (Å²) in [6, 6.07) is 2.93. The molecule has 0 spiro atoms. The van der Waals surface area contributed by atoms with Crippen LogP contribution in [0.25, 0.3) is 10.6 Å². The number of rotatable bonds is 16. The monoisotopic (exact) mass is 793 g/mol. The zero-order valence-electron chi connectivity index (χ0n) is 30.4. The number of thiazole rings is 1. The van der Waals surface area contributed by atoms with Crippen molar-refractivity contribution in [1.82, 2.24) is 19.9 Å². The number of sulfonamides is 1. The van der Waals surface area contributed by atoms with E-state index in [1.54, 1.807) is 19.3 Å². The van der Waals surface area contributed by atoms with E-state index in [1.165, 1.54) is 28.4 Å². The van der Waals surface area contributed by atoms with Crippen molar-refractivity contribution in [3.63, 3.8) is 0 Å². The summed E-state index contributed by atoms with van der Waals surface area (Å²) in [6.07, 6.45) is 0.950. The Morgan fingerprint density at radius 1 is 1.13 bits per heavy atom. The molecule has 3 aliphatic rings. The molecule has 2 aromatic rings. The molecule has 0 radical (unpaired) electrons. The van der Waals surface area contributed by atoms with Gasteiger partial charge in [-0.25, -0.2) is 18.2 Å². The summed E-state index contributed by atoms with van der Waals surface area (Å²) in [6.45, 7) is 11.7. The highest BCUT2D eigenvalue weighted by Crippen LogP contribution is 2.47. The third-order valence-electron chi connectivity index (χ3n) is 10.1. The number of carbonyl (C=O) groups excluding carboxylic acids is 4. The molecule has 0 saturated heterocycles. The van der Waals surface area contributed by atoms with Gasteiger partial charge in [-0.1, -0.05) is 26.0 Å². The minimum atomic E-state index is -4.70. The lowest BCUT2D eigenvalue weighted by atomic mass is 9.93. The zero-order chi connectivity index (χ0) is 39.6. The first-order chi connectivity index (χ1) is 25.4. The van der Waals surface area contributed by atoms with Crippen molar-refractivity contribution in [2.24, 2.45) is 17.8 Å². The smallest absolute Gasteiger partial charge is 0.416 e. The zero-order valence-corrected chi connectivity index (χ0v) is 32.0. The van der Waals surface area contributed by atoms with Gasteiger partial charge in [-0.2, -0.15) is 13.2 Å². The van der Waals surface area contributed by atoms with Crippen molar-refractivity contribution in [3.8, 4) is 10.6 Å². The summed E-state index contributed by atoms with van der Waals surface area (Å²) in [4.78, 5) is 61.2. The fraction of sp³-hybridized carbons (Fsp3) is 0.541.